The monoisotopic (exact) mass is 227 g/mol. The van der Waals surface area contributed by atoms with Crippen molar-refractivity contribution < 1.29 is 4.79 Å². The zero-order chi connectivity index (χ0) is 12.0. The quantitative estimate of drug-likeness (QED) is 0.747. The number of nitrogens with zero attached hydrogens (tertiary/aromatic N) is 2. The summed E-state index contributed by atoms with van der Waals surface area (Å²) in [6.45, 7) is 1.97. The summed E-state index contributed by atoms with van der Waals surface area (Å²) in [6, 6.07) is 7.71. The van der Waals surface area contributed by atoms with Gasteiger partial charge in [-0.2, -0.15) is 5.10 Å². The van der Waals surface area contributed by atoms with Gasteiger partial charge >= 0.3 is 0 Å². The second-order valence-corrected chi connectivity index (χ2v) is 4.32. The van der Waals surface area contributed by atoms with Gasteiger partial charge in [0.15, 0.2) is 0 Å². The highest BCUT2D eigenvalue weighted by Gasteiger charge is 2.23. The van der Waals surface area contributed by atoms with Crippen LogP contribution in [-0.2, 0) is 13.5 Å². The van der Waals surface area contributed by atoms with Crippen molar-refractivity contribution in [3.63, 3.8) is 0 Å². The number of carbonyl (C=O) groups is 1. The van der Waals surface area contributed by atoms with E-state index in [4.69, 9.17) is 0 Å². The number of nitrogens with one attached hydrogen (secondary N) is 1. The number of amides is 1. The fraction of sp³-hybridized carbons (Fsp3) is 0.231. The van der Waals surface area contributed by atoms with Gasteiger partial charge in [-0.15, -0.1) is 0 Å². The normalized spacial score (nSPS) is 13.6. The molecule has 0 fully saturated rings. The van der Waals surface area contributed by atoms with Gasteiger partial charge in [-0.1, -0.05) is 18.2 Å². The third-order valence-electron chi connectivity index (χ3n) is 3.21. The summed E-state index contributed by atoms with van der Waals surface area (Å²) in [5, 5.41) is 7.27. The number of hydrogen-bond acceptors (Lipinski definition) is 2. The average molecular weight is 227 g/mol. The van der Waals surface area contributed by atoms with Gasteiger partial charge in [-0.05, 0) is 18.6 Å². The molecule has 0 aliphatic carbocycles. The van der Waals surface area contributed by atoms with Crippen molar-refractivity contribution in [3.8, 4) is 0 Å². The molecule has 3 rings (SSSR count). The van der Waals surface area contributed by atoms with E-state index in [1.807, 2.05) is 38.2 Å². The third-order valence-corrected chi connectivity index (χ3v) is 3.21. The number of rotatable bonds is 0. The van der Waals surface area contributed by atoms with Gasteiger partial charge < -0.3 is 5.32 Å². The maximum Gasteiger partial charge on any atom is 0.257 e. The maximum atomic E-state index is 12.1. The van der Waals surface area contributed by atoms with Gasteiger partial charge in [0, 0.05) is 24.6 Å². The van der Waals surface area contributed by atoms with Gasteiger partial charge in [-0.25, -0.2) is 0 Å². The van der Waals surface area contributed by atoms with E-state index in [0.717, 1.165) is 34.6 Å². The number of anilines is 1. The van der Waals surface area contributed by atoms with Crippen molar-refractivity contribution in [1.29, 1.82) is 0 Å². The molecule has 1 aromatic heterocycles. The summed E-state index contributed by atoms with van der Waals surface area (Å²) in [5.41, 5.74) is 3.88. The van der Waals surface area contributed by atoms with E-state index < -0.39 is 0 Å². The minimum absolute atomic E-state index is 0.0534. The first kappa shape index (κ1) is 10.1. The van der Waals surface area contributed by atoms with Crippen molar-refractivity contribution in [2.45, 2.75) is 13.3 Å². The first-order valence-corrected chi connectivity index (χ1v) is 5.58. The number of aryl methyl sites for hydroxylation is 2. The average Bonchev–Trinajstić information content (AvgIpc) is 2.50. The minimum atomic E-state index is -0.0534. The molecule has 1 aliphatic rings. The van der Waals surface area contributed by atoms with Crippen LogP contribution in [0.25, 0.3) is 0 Å². The molecule has 2 aromatic rings. The lowest BCUT2D eigenvalue weighted by molar-refractivity contribution is 0.102. The highest BCUT2D eigenvalue weighted by Crippen LogP contribution is 2.27. The largest absolute Gasteiger partial charge is 0.307 e. The summed E-state index contributed by atoms with van der Waals surface area (Å²) in [5.74, 6) is 0.756. The number of aromatic nitrogens is 2. The molecule has 0 spiro atoms. The molecule has 4 nitrogen and oxygen atoms in total. The van der Waals surface area contributed by atoms with Crippen molar-refractivity contribution >= 4 is 11.7 Å². The predicted octanol–water partition coefficient (Wildman–Crippen LogP) is 1.89. The van der Waals surface area contributed by atoms with Gasteiger partial charge in [0.25, 0.3) is 5.91 Å². The Morgan fingerprint density at radius 2 is 2.12 bits per heavy atom. The Bertz CT molecular complexity index is 613. The second-order valence-electron chi connectivity index (χ2n) is 4.32. The zero-order valence-electron chi connectivity index (χ0n) is 9.82. The molecule has 86 valence electrons. The molecule has 1 aliphatic heterocycles. The molecule has 2 heterocycles. The molecular formula is C13H13N3O. The summed E-state index contributed by atoms with van der Waals surface area (Å²) in [7, 11) is 1.85. The molecule has 0 bridgehead atoms. The Balaban J connectivity index is 2.22. The summed E-state index contributed by atoms with van der Waals surface area (Å²) >= 11 is 0. The molecule has 0 unspecified atom stereocenters. The number of hydrogen-bond donors (Lipinski definition) is 1. The predicted molar refractivity (Wildman–Crippen MR) is 65.1 cm³/mol. The molecule has 1 amide bonds. The zero-order valence-corrected chi connectivity index (χ0v) is 9.82. The Morgan fingerprint density at radius 1 is 1.35 bits per heavy atom. The molecule has 0 saturated heterocycles. The summed E-state index contributed by atoms with van der Waals surface area (Å²) < 4.78 is 1.73. The van der Waals surface area contributed by atoms with E-state index >= 15 is 0 Å². The fourth-order valence-corrected chi connectivity index (χ4v) is 2.33. The minimum Gasteiger partial charge on any atom is -0.307 e. The molecule has 1 N–H and O–H groups in total. The first-order valence-electron chi connectivity index (χ1n) is 5.58. The van der Waals surface area contributed by atoms with Crippen molar-refractivity contribution in [1.82, 2.24) is 9.78 Å². The van der Waals surface area contributed by atoms with Crippen molar-refractivity contribution in [2.75, 3.05) is 5.32 Å². The van der Waals surface area contributed by atoms with Crippen LogP contribution in [0, 0.1) is 6.92 Å². The SMILES string of the molecule is Cc1nn(C)c2c1Cc1ccccc1C(=O)N2. The number of benzene rings is 1. The lowest BCUT2D eigenvalue weighted by Crippen LogP contribution is -2.14. The van der Waals surface area contributed by atoms with Gasteiger partial charge in [-0.3, -0.25) is 9.48 Å². The van der Waals surface area contributed by atoms with Crippen molar-refractivity contribution in [2.24, 2.45) is 7.05 Å². The van der Waals surface area contributed by atoms with Crippen LogP contribution in [0.3, 0.4) is 0 Å². The molecule has 4 heteroatoms. The smallest absolute Gasteiger partial charge is 0.257 e. The van der Waals surface area contributed by atoms with Crippen LogP contribution in [0.2, 0.25) is 0 Å². The van der Waals surface area contributed by atoms with E-state index in [9.17, 15) is 4.79 Å². The Kier molecular flexibility index (Phi) is 2.04. The topological polar surface area (TPSA) is 46.9 Å². The van der Waals surface area contributed by atoms with E-state index in [0.29, 0.717) is 0 Å². The summed E-state index contributed by atoms with van der Waals surface area (Å²) in [4.78, 5) is 12.1. The van der Waals surface area contributed by atoms with Crippen LogP contribution in [0.1, 0.15) is 27.2 Å². The van der Waals surface area contributed by atoms with Gasteiger partial charge in [0.1, 0.15) is 5.82 Å². The van der Waals surface area contributed by atoms with Gasteiger partial charge in [0.05, 0.1) is 5.69 Å². The van der Waals surface area contributed by atoms with E-state index in [1.54, 1.807) is 4.68 Å². The van der Waals surface area contributed by atoms with Crippen molar-refractivity contribution in [3.05, 3.63) is 46.6 Å². The standard InChI is InChI=1S/C13H13N3O/c1-8-11-7-9-5-3-4-6-10(9)13(17)14-12(11)16(2)15-8/h3-6H,7H2,1-2H3,(H,14,17). The molecule has 17 heavy (non-hydrogen) atoms. The summed E-state index contributed by atoms with van der Waals surface area (Å²) in [6.07, 6.45) is 0.754. The lowest BCUT2D eigenvalue weighted by atomic mass is 10.0. The van der Waals surface area contributed by atoms with E-state index in [1.165, 1.54) is 0 Å². The van der Waals surface area contributed by atoms with Crippen LogP contribution in [0.5, 0.6) is 0 Å². The molecule has 0 saturated carbocycles. The number of fused-ring (bicyclic) bond motifs is 2. The Hall–Kier alpha value is -2.10. The third kappa shape index (κ3) is 1.45. The van der Waals surface area contributed by atoms with Crippen LogP contribution >= 0.6 is 0 Å². The maximum absolute atomic E-state index is 12.1. The highest BCUT2D eigenvalue weighted by atomic mass is 16.1. The fourth-order valence-electron chi connectivity index (χ4n) is 2.33. The molecule has 0 atom stereocenters. The molecular weight excluding hydrogens is 214 g/mol. The van der Waals surface area contributed by atoms with Crippen LogP contribution < -0.4 is 5.32 Å². The van der Waals surface area contributed by atoms with Crippen LogP contribution in [-0.4, -0.2) is 15.7 Å². The molecule has 1 aromatic carbocycles. The Labute approximate surface area is 99.3 Å². The Morgan fingerprint density at radius 3 is 2.94 bits per heavy atom. The lowest BCUT2D eigenvalue weighted by Gasteiger charge is -2.04. The molecule has 0 radical (unpaired) electrons. The number of carbonyl (C=O) groups excluding carboxylic acids is 1. The van der Waals surface area contributed by atoms with E-state index in [2.05, 4.69) is 10.4 Å². The van der Waals surface area contributed by atoms with Crippen LogP contribution in [0.4, 0.5) is 5.82 Å². The van der Waals surface area contributed by atoms with Crippen LogP contribution in [0.15, 0.2) is 24.3 Å². The highest BCUT2D eigenvalue weighted by molar-refractivity contribution is 6.06. The van der Waals surface area contributed by atoms with Gasteiger partial charge in [0.2, 0.25) is 0 Å². The van der Waals surface area contributed by atoms with E-state index in [-0.39, 0.29) is 5.91 Å². The first-order chi connectivity index (χ1) is 8.16. The second kappa shape index (κ2) is 3.45.